The molecule has 2 aromatic rings. The summed E-state index contributed by atoms with van der Waals surface area (Å²) in [4.78, 5) is 11.5. The van der Waals surface area contributed by atoms with Crippen molar-refractivity contribution in [3.8, 4) is 5.75 Å². The summed E-state index contributed by atoms with van der Waals surface area (Å²) in [6.07, 6.45) is 0.335. The van der Waals surface area contributed by atoms with Crippen molar-refractivity contribution in [3.63, 3.8) is 0 Å². The number of nitrogens with two attached hydrogens (primary N) is 1. The van der Waals surface area contributed by atoms with E-state index in [4.69, 9.17) is 22.1 Å². The number of methoxy groups -OCH3 is 1. The molecule has 1 aliphatic rings. The van der Waals surface area contributed by atoms with Crippen molar-refractivity contribution in [2.45, 2.75) is 12.5 Å². The van der Waals surface area contributed by atoms with Gasteiger partial charge < -0.3 is 15.8 Å². The van der Waals surface area contributed by atoms with E-state index in [0.29, 0.717) is 17.1 Å². The number of rotatable bonds is 3. The summed E-state index contributed by atoms with van der Waals surface area (Å²) in [6.45, 7) is 0. The van der Waals surface area contributed by atoms with Gasteiger partial charge in [0.25, 0.3) is 0 Å². The highest BCUT2D eigenvalue weighted by atomic mass is 35.5. The van der Waals surface area contributed by atoms with Gasteiger partial charge in [-0.25, -0.2) is 0 Å². The zero-order chi connectivity index (χ0) is 15.0. The largest absolute Gasteiger partial charge is 0.496 e. The van der Waals surface area contributed by atoms with Gasteiger partial charge in [-0.15, -0.1) is 0 Å². The molecule has 0 spiro atoms. The first-order chi connectivity index (χ1) is 10.1. The fraction of sp³-hybridized carbons (Fsp3) is 0.188. The Labute approximate surface area is 127 Å². The predicted octanol–water partition coefficient (Wildman–Crippen LogP) is 2.89. The number of fused-ring (bicyclic) bond motifs is 1. The molecule has 3 rings (SSSR count). The molecule has 4 nitrogen and oxygen atoms in total. The van der Waals surface area contributed by atoms with Gasteiger partial charge in [-0.1, -0.05) is 35.9 Å². The van der Waals surface area contributed by atoms with Crippen molar-refractivity contribution in [1.82, 2.24) is 0 Å². The normalized spacial score (nSPS) is 14.5. The highest BCUT2D eigenvalue weighted by Crippen LogP contribution is 2.36. The van der Waals surface area contributed by atoms with Crippen LogP contribution < -0.4 is 15.8 Å². The Morgan fingerprint density at radius 2 is 2.10 bits per heavy atom. The molecule has 0 radical (unpaired) electrons. The topological polar surface area (TPSA) is 64.3 Å². The third kappa shape index (κ3) is 2.48. The first kappa shape index (κ1) is 13.9. The van der Waals surface area contributed by atoms with Crippen molar-refractivity contribution in [2.24, 2.45) is 5.73 Å². The number of carbonyl (C=O) groups is 1. The first-order valence-corrected chi connectivity index (χ1v) is 6.98. The quantitative estimate of drug-likeness (QED) is 0.916. The maximum Gasteiger partial charge on any atom is 0.228 e. The lowest BCUT2D eigenvalue weighted by atomic mass is 9.96. The number of para-hydroxylation sites is 1. The van der Waals surface area contributed by atoms with Crippen LogP contribution in [0.4, 0.5) is 5.69 Å². The fourth-order valence-corrected chi connectivity index (χ4v) is 2.90. The Hall–Kier alpha value is -2.04. The minimum Gasteiger partial charge on any atom is -0.496 e. The zero-order valence-electron chi connectivity index (χ0n) is 11.5. The molecule has 0 aliphatic carbocycles. The van der Waals surface area contributed by atoms with Crippen LogP contribution in [0.2, 0.25) is 5.02 Å². The van der Waals surface area contributed by atoms with Gasteiger partial charge in [-0.2, -0.15) is 0 Å². The molecule has 108 valence electrons. The monoisotopic (exact) mass is 302 g/mol. The average molecular weight is 303 g/mol. The lowest BCUT2D eigenvalue weighted by Gasteiger charge is -2.17. The summed E-state index contributed by atoms with van der Waals surface area (Å²) in [6, 6.07) is 11.0. The van der Waals surface area contributed by atoms with E-state index in [1.807, 2.05) is 30.3 Å². The zero-order valence-corrected chi connectivity index (χ0v) is 12.3. The van der Waals surface area contributed by atoms with E-state index >= 15 is 0 Å². The van der Waals surface area contributed by atoms with Crippen molar-refractivity contribution in [1.29, 1.82) is 0 Å². The van der Waals surface area contributed by atoms with E-state index in [0.717, 1.165) is 22.4 Å². The number of benzene rings is 2. The molecular weight excluding hydrogens is 288 g/mol. The van der Waals surface area contributed by atoms with Crippen LogP contribution in [-0.2, 0) is 11.2 Å². The van der Waals surface area contributed by atoms with Gasteiger partial charge in [0.05, 0.1) is 30.3 Å². The molecule has 1 unspecified atom stereocenters. The van der Waals surface area contributed by atoms with E-state index in [2.05, 4.69) is 5.32 Å². The van der Waals surface area contributed by atoms with Crippen LogP contribution in [0.5, 0.6) is 5.75 Å². The second kappa shape index (κ2) is 5.39. The second-order valence-corrected chi connectivity index (χ2v) is 5.39. The van der Waals surface area contributed by atoms with Gasteiger partial charge >= 0.3 is 0 Å². The van der Waals surface area contributed by atoms with Gasteiger partial charge in [0.1, 0.15) is 5.75 Å². The van der Waals surface area contributed by atoms with E-state index in [1.54, 1.807) is 13.2 Å². The number of nitrogens with one attached hydrogen (secondary N) is 1. The summed E-state index contributed by atoms with van der Waals surface area (Å²) in [7, 11) is 1.61. The first-order valence-electron chi connectivity index (χ1n) is 6.61. The molecule has 1 atom stereocenters. The molecule has 2 aromatic carbocycles. The molecule has 1 heterocycles. The summed E-state index contributed by atoms with van der Waals surface area (Å²) >= 11 is 6.24. The van der Waals surface area contributed by atoms with Crippen molar-refractivity contribution < 1.29 is 9.53 Å². The maximum atomic E-state index is 11.5. The predicted molar refractivity (Wildman–Crippen MR) is 82.8 cm³/mol. The van der Waals surface area contributed by atoms with Crippen LogP contribution in [0.3, 0.4) is 0 Å². The molecule has 1 amide bonds. The highest BCUT2D eigenvalue weighted by molar-refractivity contribution is 6.34. The second-order valence-electron chi connectivity index (χ2n) is 4.98. The van der Waals surface area contributed by atoms with E-state index in [-0.39, 0.29) is 11.9 Å². The number of ether oxygens (including phenoxy) is 1. The maximum absolute atomic E-state index is 11.5. The summed E-state index contributed by atoms with van der Waals surface area (Å²) in [5.74, 6) is 0.686. The van der Waals surface area contributed by atoms with E-state index in [9.17, 15) is 4.79 Å². The smallest absolute Gasteiger partial charge is 0.228 e. The fourth-order valence-electron chi connectivity index (χ4n) is 2.61. The van der Waals surface area contributed by atoms with Crippen LogP contribution in [0.25, 0.3) is 0 Å². The molecule has 3 N–H and O–H groups in total. The summed E-state index contributed by atoms with van der Waals surface area (Å²) in [5, 5.41) is 3.27. The Balaban J connectivity index is 2.03. The Morgan fingerprint density at radius 3 is 2.86 bits per heavy atom. The third-order valence-corrected chi connectivity index (χ3v) is 3.94. The van der Waals surface area contributed by atoms with Gasteiger partial charge in [0.2, 0.25) is 5.91 Å². The van der Waals surface area contributed by atoms with Crippen LogP contribution >= 0.6 is 11.6 Å². The molecule has 1 aliphatic heterocycles. The molecule has 0 saturated heterocycles. The molecule has 0 fully saturated rings. The SMILES string of the molecule is COc1ccccc1C(N)c1cc(Cl)c2c(c1)CC(=O)N2. The van der Waals surface area contributed by atoms with Crippen LogP contribution in [0.1, 0.15) is 22.7 Å². The summed E-state index contributed by atoms with van der Waals surface area (Å²) < 4.78 is 5.35. The Morgan fingerprint density at radius 1 is 1.33 bits per heavy atom. The minimum absolute atomic E-state index is 0.0464. The molecule has 21 heavy (non-hydrogen) atoms. The van der Waals surface area contributed by atoms with Crippen LogP contribution in [0, 0.1) is 0 Å². The Kier molecular flexibility index (Phi) is 3.57. The highest BCUT2D eigenvalue weighted by Gasteiger charge is 2.23. The lowest BCUT2D eigenvalue weighted by molar-refractivity contribution is -0.115. The third-order valence-electron chi connectivity index (χ3n) is 3.64. The lowest BCUT2D eigenvalue weighted by Crippen LogP contribution is -2.13. The Bertz CT molecular complexity index is 715. The minimum atomic E-state index is -0.361. The van der Waals surface area contributed by atoms with Crippen molar-refractivity contribution in [3.05, 3.63) is 58.1 Å². The van der Waals surface area contributed by atoms with E-state index in [1.165, 1.54) is 0 Å². The molecule has 5 heteroatoms. The van der Waals surface area contributed by atoms with Crippen molar-refractivity contribution >= 4 is 23.2 Å². The molecule has 0 bridgehead atoms. The van der Waals surface area contributed by atoms with E-state index < -0.39 is 0 Å². The van der Waals surface area contributed by atoms with Crippen molar-refractivity contribution in [2.75, 3.05) is 12.4 Å². The number of hydrogen-bond acceptors (Lipinski definition) is 3. The van der Waals surface area contributed by atoms with Gasteiger partial charge in [-0.3, -0.25) is 4.79 Å². The number of halogens is 1. The van der Waals surface area contributed by atoms with Gasteiger partial charge in [0.15, 0.2) is 0 Å². The molecular formula is C16H15ClN2O2. The van der Waals surface area contributed by atoms with Crippen LogP contribution in [-0.4, -0.2) is 13.0 Å². The number of carbonyl (C=O) groups excluding carboxylic acids is 1. The van der Waals surface area contributed by atoms with Gasteiger partial charge in [0, 0.05) is 5.56 Å². The van der Waals surface area contributed by atoms with Gasteiger partial charge in [-0.05, 0) is 23.3 Å². The number of amides is 1. The molecule has 0 saturated carbocycles. The average Bonchev–Trinajstić information content (AvgIpc) is 2.87. The standard InChI is InChI=1S/C16H15ClN2O2/c1-21-13-5-3-2-4-11(13)15(18)9-6-10-8-14(20)19-16(10)12(17)7-9/h2-7,15H,8,18H2,1H3,(H,19,20). The summed E-state index contributed by atoms with van der Waals surface area (Å²) in [5.41, 5.74) is 9.66. The number of hydrogen-bond donors (Lipinski definition) is 2. The number of anilines is 1. The molecule has 0 aromatic heterocycles. The van der Waals surface area contributed by atoms with Crippen LogP contribution in [0.15, 0.2) is 36.4 Å².